The quantitative estimate of drug-likeness (QED) is 0.826. The number of hydrogen-bond donors (Lipinski definition) is 2. The lowest BCUT2D eigenvalue weighted by atomic mass is 10.1. The fraction of sp³-hybridized carbons (Fsp3) is 0.615. The number of likely N-dealkylation sites (tertiary alicyclic amines) is 1. The van der Waals surface area contributed by atoms with Gasteiger partial charge in [-0.2, -0.15) is 0 Å². The lowest BCUT2D eigenvalue weighted by Crippen LogP contribution is -2.43. The summed E-state index contributed by atoms with van der Waals surface area (Å²) >= 11 is 0.928. The monoisotopic (exact) mass is 332 g/mol. The lowest BCUT2D eigenvalue weighted by molar-refractivity contribution is 0.0697. The van der Waals surface area contributed by atoms with Crippen molar-refractivity contribution in [2.75, 3.05) is 19.6 Å². The molecule has 2 rings (SSSR count). The fourth-order valence-electron chi connectivity index (χ4n) is 2.46. The van der Waals surface area contributed by atoms with Crippen molar-refractivity contribution in [3.05, 3.63) is 17.0 Å². The van der Waals surface area contributed by atoms with Gasteiger partial charge in [0.15, 0.2) is 0 Å². The Morgan fingerprint density at radius 3 is 2.67 bits per heavy atom. The van der Waals surface area contributed by atoms with Gasteiger partial charge in [-0.25, -0.2) is 17.9 Å². The highest BCUT2D eigenvalue weighted by molar-refractivity contribution is 7.91. The van der Waals surface area contributed by atoms with Crippen molar-refractivity contribution < 1.29 is 18.3 Å². The van der Waals surface area contributed by atoms with Crippen LogP contribution in [0.2, 0.25) is 0 Å². The van der Waals surface area contributed by atoms with Gasteiger partial charge in [-0.3, -0.25) is 0 Å². The van der Waals surface area contributed by atoms with E-state index in [9.17, 15) is 13.2 Å². The normalized spacial score (nSPS) is 18.5. The predicted octanol–water partition coefficient (Wildman–Crippen LogP) is 1.60. The molecule has 1 aromatic rings. The van der Waals surface area contributed by atoms with Gasteiger partial charge in [0.05, 0.1) is 5.56 Å². The molecule has 1 fully saturated rings. The molecule has 1 aliphatic heterocycles. The van der Waals surface area contributed by atoms with Crippen molar-refractivity contribution in [1.82, 2.24) is 9.62 Å². The molecular weight excluding hydrogens is 312 g/mol. The van der Waals surface area contributed by atoms with Gasteiger partial charge in [-0.15, -0.1) is 11.3 Å². The van der Waals surface area contributed by atoms with E-state index in [1.165, 1.54) is 17.9 Å². The minimum atomic E-state index is -3.64. The number of piperidine rings is 1. The summed E-state index contributed by atoms with van der Waals surface area (Å²) in [6.07, 6.45) is 3.56. The van der Waals surface area contributed by atoms with Crippen LogP contribution in [-0.2, 0) is 10.0 Å². The zero-order valence-electron chi connectivity index (χ0n) is 11.9. The average molecular weight is 332 g/mol. The minimum Gasteiger partial charge on any atom is -0.478 e. The number of thiophene rings is 1. The van der Waals surface area contributed by atoms with Crippen LogP contribution in [0.15, 0.2) is 15.7 Å². The molecule has 118 valence electrons. The molecule has 0 bridgehead atoms. The van der Waals surface area contributed by atoms with Gasteiger partial charge in [-0.05, 0) is 38.9 Å². The van der Waals surface area contributed by atoms with E-state index in [-0.39, 0.29) is 15.8 Å². The van der Waals surface area contributed by atoms with Gasteiger partial charge in [0.2, 0.25) is 10.0 Å². The first-order chi connectivity index (χ1) is 9.88. The van der Waals surface area contributed by atoms with Crippen LogP contribution < -0.4 is 4.72 Å². The number of nitrogens with zero attached hydrogens (tertiary/aromatic N) is 1. The Bertz CT molecular complexity index is 591. The Kier molecular flexibility index (Phi) is 5.37. The lowest BCUT2D eigenvalue weighted by Gasteiger charge is -2.29. The Morgan fingerprint density at radius 1 is 1.43 bits per heavy atom. The number of sulfonamides is 1. The Morgan fingerprint density at radius 2 is 2.10 bits per heavy atom. The van der Waals surface area contributed by atoms with Crippen LogP contribution in [0.25, 0.3) is 0 Å². The summed E-state index contributed by atoms with van der Waals surface area (Å²) < 4.78 is 27.1. The van der Waals surface area contributed by atoms with Crippen molar-refractivity contribution in [3.8, 4) is 0 Å². The number of carboxylic acid groups (broad SMARTS) is 1. The van der Waals surface area contributed by atoms with Crippen LogP contribution in [0, 0.1) is 0 Å². The summed E-state index contributed by atoms with van der Waals surface area (Å²) in [5.41, 5.74) is 0.00376. The summed E-state index contributed by atoms with van der Waals surface area (Å²) in [5, 5.41) is 10.2. The van der Waals surface area contributed by atoms with Crippen LogP contribution in [0.1, 0.15) is 36.5 Å². The van der Waals surface area contributed by atoms with Gasteiger partial charge < -0.3 is 10.0 Å². The van der Waals surface area contributed by atoms with E-state index in [0.717, 1.165) is 37.3 Å². The van der Waals surface area contributed by atoms with E-state index in [1.807, 2.05) is 6.92 Å². The topological polar surface area (TPSA) is 86.7 Å². The summed E-state index contributed by atoms with van der Waals surface area (Å²) in [6.45, 7) is 4.52. The van der Waals surface area contributed by atoms with E-state index < -0.39 is 16.0 Å². The van der Waals surface area contributed by atoms with E-state index >= 15 is 0 Å². The molecule has 6 nitrogen and oxygen atoms in total. The van der Waals surface area contributed by atoms with E-state index in [0.29, 0.717) is 6.54 Å². The summed E-state index contributed by atoms with van der Waals surface area (Å²) in [6, 6.07) is 0.992. The van der Waals surface area contributed by atoms with Crippen molar-refractivity contribution in [1.29, 1.82) is 0 Å². The third kappa shape index (κ3) is 4.50. The van der Waals surface area contributed by atoms with Crippen LogP contribution >= 0.6 is 11.3 Å². The molecule has 21 heavy (non-hydrogen) atoms. The zero-order chi connectivity index (χ0) is 15.5. The first kappa shape index (κ1) is 16.4. The van der Waals surface area contributed by atoms with Crippen LogP contribution in [0.4, 0.5) is 0 Å². The van der Waals surface area contributed by atoms with Crippen molar-refractivity contribution in [2.24, 2.45) is 0 Å². The maximum atomic E-state index is 12.2. The molecule has 0 radical (unpaired) electrons. The molecule has 1 aromatic heterocycles. The second-order valence-electron chi connectivity index (χ2n) is 5.34. The molecule has 0 aliphatic carbocycles. The van der Waals surface area contributed by atoms with Crippen LogP contribution in [0.3, 0.4) is 0 Å². The highest BCUT2D eigenvalue weighted by Gasteiger charge is 2.22. The maximum Gasteiger partial charge on any atom is 0.336 e. The van der Waals surface area contributed by atoms with Gasteiger partial charge in [0, 0.05) is 18.0 Å². The molecular formula is C13H20N2O4S2. The third-order valence-corrected chi connectivity index (χ3v) is 6.45. The first-order valence-corrected chi connectivity index (χ1v) is 9.31. The van der Waals surface area contributed by atoms with E-state index in [2.05, 4.69) is 9.62 Å². The molecule has 1 aliphatic rings. The molecule has 0 amide bonds. The van der Waals surface area contributed by atoms with Crippen LogP contribution in [0.5, 0.6) is 0 Å². The second-order valence-corrected chi connectivity index (χ2v) is 8.20. The largest absolute Gasteiger partial charge is 0.478 e. The van der Waals surface area contributed by atoms with Crippen molar-refractivity contribution in [2.45, 2.75) is 36.4 Å². The number of aromatic carboxylic acids is 1. The summed E-state index contributed by atoms with van der Waals surface area (Å²) in [4.78, 5) is 13.1. The van der Waals surface area contributed by atoms with Gasteiger partial charge >= 0.3 is 5.97 Å². The third-order valence-electron chi connectivity index (χ3n) is 3.42. The number of hydrogen-bond acceptors (Lipinski definition) is 5. The number of rotatable bonds is 6. The van der Waals surface area contributed by atoms with Crippen molar-refractivity contribution in [3.63, 3.8) is 0 Å². The molecule has 0 spiro atoms. The Hall–Kier alpha value is -0.960. The van der Waals surface area contributed by atoms with Gasteiger partial charge in [-0.1, -0.05) is 6.42 Å². The van der Waals surface area contributed by atoms with Crippen LogP contribution in [-0.4, -0.2) is 50.1 Å². The summed E-state index contributed by atoms with van der Waals surface area (Å²) in [7, 11) is -3.64. The Balaban J connectivity index is 1.97. The minimum absolute atomic E-state index is 0.00376. The smallest absolute Gasteiger partial charge is 0.336 e. The van der Waals surface area contributed by atoms with E-state index in [1.54, 1.807) is 0 Å². The van der Waals surface area contributed by atoms with E-state index in [4.69, 9.17) is 5.11 Å². The van der Waals surface area contributed by atoms with Gasteiger partial charge in [0.1, 0.15) is 4.21 Å². The molecule has 1 atom stereocenters. The molecule has 2 heterocycles. The molecule has 0 aromatic carbocycles. The zero-order valence-corrected chi connectivity index (χ0v) is 13.5. The highest BCUT2D eigenvalue weighted by atomic mass is 32.2. The number of carbonyl (C=O) groups is 1. The predicted molar refractivity (Wildman–Crippen MR) is 81.4 cm³/mol. The standard InChI is InChI=1S/C13H20N2O4S2/c1-10(8-15-5-3-2-4-6-15)14-21(18,19)12-7-11(9-20-12)13(16)17/h7,9-10,14H,2-6,8H2,1H3,(H,16,17). The molecule has 8 heteroatoms. The molecule has 2 N–H and O–H groups in total. The second kappa shape index (κ2) is 6.87. The molecule has 0 saturated carbocycles. The molecule has 1 unspecified atom stereocenters. The number of nitrogens with one attached hydrogen (secondary N) is 1. The Labute approximate surface area is 128 Å². The maximum absolute atomic E-state index is 12.2. The average Bonchev–Trinajstić information content (AvgIpc) is 2.89. The highest BCUT2D eigenvalue weighted by Crippen LogP contribution is 2.20. The summed E-state index contributed by atoms with van der Waals surface area (Å²) in [5.74, 6) is -1.12. The fourth-order valence-corrected chi connectivity index (χ4v) is 4.86. The first-order valence-electron chi connectivity index (χ1n) is 6.95. The SMILES string of the molecule is CC(CN1CCCCC1)NS(=O)(=O)c1cc(C(=O)O)cs1. The van der Waals surface area contributed by atoms with Crippen molar-refractivity contribution >= 4 is 27.3 Å². The molecule has 1 saturated heterocycles. The van der Waals surface area contributed by atoms with Gasteiger partial charge in [0.25, 0.3) is 0 Å². The number of carboxylic acids is 1.